The quantitative estimate of drug-likeness (QED) is 0.893. The fourth-order valence-corrected chi connectivity index (χ4v) is 2.63. The van der Waals surface area contributed by atoms with Crippen molar-refractivity contribution in [3.63, 3.8) is 0 Å². The van der Waals surface area contributed by atoms with Crippen LogP contribution in [0.1, 0.15) is 21.5 Å². The van der Waals surface area contributed by atoms with Crippen molar-refractivity contribution in [1.82, 2.24) is 4.98 Å². The Labute approximate surface area is 119 Å². The third kappa shape index (κ3) is 2.93. The zero-order chi connectivity index (χ0) is 14.0. The van der Waals surface area contributed by atoms with Gasteiger partial charge in [0, 0.05) is 10.7 Å². The molecule has 0 aliphatic rings. The lowest BCUT2D eigenvalue weighted by atomic mass is 10.1. The lowest BCUT2D eigenvalue weighted by molar-refractivity contribution is 0.102. The first kappa shape index (κ1) is 13.5. The summed E-state index contributed by atoms with van der Waals surface area (Å²) < 4.78 is 0.797. The van der Waals surface area contributed by atoms with Crippen LogP contribution >= 0.6 is 15.9 Å². The molecule has 1 aromatic carbocycles. The highest BCUT2D eigenvalue weighted by atomic mass is 79.9. The second kappa shape index (κ2) is 5.40. The van der Waals surface area contributed by atoms with E-state index >= 15 is 0 Å². The second-order valence-electron chi connectivity index (χ2n) is 4.31. The molecule has 1 heterocycles. The van der Waals surface area contributed by atoms with Gasteiger partial charge in [-0.1, -0.05) is 6.07 Å². The van der Waals surface area contributed by atoms with Crippen molar-refractivity contribution >= 4 is 27.5 Å². The lowest BCUT2D eigenvalue weighted by Gasteiger charge is -2.11. The molecule has 0 aliphatic heterocycles. The molecule has 2 aromatic rings. The van der Waals surface area contributed by atoms with Crippen LogP contribution in [0.25, 0.3) is 0 Å². The van der Waals surface area contributed by atoms with Crippen molar-refractivity contribution in [1.29, 1.82) is 0 Å². The Morgan fingerprint density at radius 2 is 2.05 bits per heavy atom. The van der Waals surface area contributed by atoms with Gasteiger partial charge in [0.1, 0.15) is 5.56 Å². The number of carbonyl (C=O) groups excluding carboxylic acids is 1. The number of hydrogen-bond acceptors (Lipinski definition) is 2. The number of aromatic amines is 1. The average molecular weight is 321 g/mol. The molecule has 0 bridgehead atoms. The van der Waals surface area contributed by atoms with Crippen LogP contribution in [0.3, 0.4) is 0 Å². The van der Waals surface area contributed by atoms with E-state index in [9.17, 15) is 9.59 Å². The Bertz CT molecular complexity index is 669. The van der Waals surface area contributed by atoms with Crippen molar-refractivity contribution in [2.45, 2.75) is 13.8 Å². The van der Waals surface area contributed by atoms with Crippen LogP contribution in [0.2, 0.25) is 0 Å². The molecule has 0 saturated heterocycles. The Morgan fingerprint density at radius 1 is 1.32 bits per heavy atom. The number of pyridine rings is 1. The third-order valence-electron chi connectivity index (χ3n) is 2.73. The van der Waals surface area contributed by atoms with Gasteiger partial charge < -0.3 is 10.3 Å². The summed E-state index contributed by atoms with van der Waals surface area (Å²) in [4.78, 5) is 26.1. The number of hydrogen-bond donors (Lipinski definition) is 2. The maximum atomic E-state index is 12.1. The van der Waals surface area contributed by atoms with Crippen LogP contribution in [0.5, 0.6) is 0 Å². The molecule has 1 aromatic heterocycles. The normalized spacial score (nSPS) is 10.3. The molecule has 2 N–H and O–H groups in total. The van der Waals surface area contributed by atoms with Crippen LogP contribution in [0.15, 0.2) is 39.7 Å². The van der Waals surface area contributed by atoms with Crippen molar-refractivity contribution in [3.05, 3.63) is 62.0 Å². The van der Waals surface area contributed by atoms with E-state index in [1.165, 1.54) is 12.3 Å². The van der Waals surface area contributed by atoms with Gasteiger partial charge in [-0.2, -0.15) is 0 Å². The zero-order valence-electron chi connectivity index (χ0n) is 10.6. The second-order valence-corrected chi connectivity index (χ2v) is 5.16. The van der Waals surface area contributed by atoms with Crippen LogP contribution < -0.4 is 10.9 Å². The van der Waals surface area contributed by atoms with E-state index < -0.39 is 11.5 Å². The fourth-order valence-electron chi connectivity index (χ4n) is 1.86. The highest BCUT2D eigenvalue weighted by Gasteiger charge is 2.13. The summed E-state index contributed by atoms with van der Waals surface area (Å²) in [7, 11) is 0. The van der Waals surface area contributed by atoms with Gasteiger partial charge >= 0.3 is 0 Å². The summed E-state index contributed by atoms with van der Waals surface area (Å²) in [5.74, 6) is -0.422. The van der Waals surface area contributed by atoms with Crippen LogP contribution in [0, 0.1) is 13.8 Å². The van der Waals surface area contributed by atoms with Gasteiger partial charge in [-0.3, -0.25) is 9.59 Å². The van der Waals surface area contributed by atoms with Crippen molar-refractivity contribution in [3.8, 4) is 0 Å². The van der Waals surface area contributed by atoms with Crippen molar-refractivity contribution < 1.29 is 4.79 Å². The number of aryl methyl sites for hydroxylation is 2. The Balaban J connectivity index is 2.35. The van der Waals surface area contributed by atoms with E-state index in [-0.39, 0.29) is 5.56 Å². The zero-order valence-corrected chi connectivity index (χ0v) is 12.2. The summed E-state index contributed by atoms with van der Waals surface area (Å²) in [6.45, 7) is 3.88. The molecule has 4 nitrogen and oxygen atoms in total. The fraction of sp³-hybridized carbons (Fsp3) is 0.143. The van der Waals surface area contributed by atoms with Gasteiger partial charge in [-0.25, -0.2) is 0 Å². The molecular formula is C14H13BrN2O2. The molecule has 0 saturated carbocycles. The molecule has 2 rings (SSSR count). The predicted molar refractivity (Wildman–Crippen MR) is 78.6 cm³/mol. The minimum atomic E-state index is -0.422. The van der Waals surface area contributed by atoms with Gasteiger partial charge in [0.2, 0.25) is 0 Å². The highest BCUT2D eigenvalue weighted by molar-refractivity contribution is 9.10. The predicted octanol–water partition coefficient (Wildman–Crippen LogP) is 3.01. The average Bonchev–Trinajstić information content (AvgIpc) is 2.34. The number of anilines is 1. The van der Waals surface area contributed by atoms with Crippen molar-refractivity contribution in [2.75, 3.05) is 5.32 Å². The summed E-state index contributed by atoms with van der Waals surface area (Å²) in [5.41, 5.74) is 2.40. The minimum absolute atomic E-state index is 0.0920. The third-order valence-corrected chi connectivity index (χ3v) is 3.36. The Hall–Kier alpha value is -1.88. The summed E-state index contributed by atoms with van der Waals surface area (Å²) in [6, 6.07) is 6.99. The number of H-pyrrole nitrogens is 1. The smallest absolute Gasteiger partial charge is 0.261 e. The van der Waals surface area contributed by atoms with E-state index in [1.807, 2.05) is 26.0 Å². The first-order chi connectivity index (χ1) is 8.99. The number of carbonyl (C=O) groups is 1. The van der Waals surface area contributed by atoms with Crippen LogP contribution in [0.4, 0.5) is 5.69 Å². The molecule has 0 spiro atoms. The molecule has 0 aliphatic carbocycles. The molecule has 0 unspecified atom stereocenters. The minimum Gasteiger partial charge on any atom is -0.328 e. The maximum absolute atomic E-state index is 12.1. The molecule has 0 fully saturated rings. The first-order valence-corrected chi connectivity index (χ1v) is 6.54. The number of nitrogens with one attached hydrogen (secondary N) is 2. The SMILES string of the molecule is Cc1cc(C)c(NC(=O)c2ccc[nH]c2=O)c(Br)c1. The summed E-state index contributed by atoms with van der Waals surface area (Å²) in [5, 5.41) is 2.76. The molecule has 19 heavy (non-hydrogen) atoms. The number of benzene rings is 1. The largest absolute Gasteiger partial charge is 0.328 e. The molecule has 0 atom stereocenters. The molecule has 5 heteroatoms. The van der Waals surface area contributed by atoms with E-state index in [2.05, 4.69) is 26.2 Å². The standard InChI is InChI=1S/C14H13BrN2O2/c1-8-6-9(2)12(11(15)7-8)17-14(19)10-4-3-5-16-13(10)18/h3-7H,1-2H3,(H,16,18)(H,17,19). The monoisotopic (exact) mass is 320 g/mol. The highest BCUT2D eigenvalue weighted by Crippen LogP contribution is 2.27. The molecule has 98 valence electrons. The van der Waals surface area contributed by atoms with Gasteiger partial charge in [-0.05, 0) is 59.1 Å². The topological polar surface area (TPSA) is 62.0 Å². The lowest BCUT2D eigenvalue weighted by Crippen LogP contribution is -2.23. The number of aromatic nitrogens is 1. The van der Waals surface area contributed by atoms with Gasteiger partial charge in [0.05, 0.1) is 5.69 Å². The number of amides is 1. The maximum Gasteiger partial charge on any atom is 0.261 e. The van der Waals surface area contributed by atoms with E-state index in [1.54, 1.807) is 6.07 Å². The van der Waals surface area contributed by atoms with E-state index in [0.717, 1.165) is 15.6 Å². The Morgan fingerprint density at radius 3 is 2.68 bits per heavy atom. The van der Waals surface area contributed by atoms with Crippen LogP contribution in [-0.2, 0) is 0 Å². The summed E-state index contributed by atoms with van der Waals surface area (Å²) in [6.07, 6.45) is 1.49. The molecule has 0 radical (unpaired) electrons. The number of halogens is 1. The van der Waals surface area contributed by atoms with E-state index in [0.29, 0.717) is 5.69 Å². The van der Waals surface area contributed by atoms with E-state index in [4.69, 9.17) is 0 Å². The molecule has 1 amide bonds. The Kier molecular flexibility index (Phi) is 3.85. The molecular weight excluding hydrogens is 308 g/mol. The first-order valence-electron chi connectivity index (χ1n) is 5.75. The van der Waals surface area contributed by atoms with Gasteiger partial charge in [0.25, 0.3) is 11.5 Å². The summed E-state index contributed by atoms with van der Waals surface area (Å²) >= 11 is 3.42. The number of rotatable bonds is 2. The van der Waals surface area contributed by atoms with Crippen LogP contribution in [-0.4, -0.2) is 10.9 Å². The van der Waals surface area contributed by atoms with Crippen molar-refractivity contribution in [2.24, 2.45) is 0 Å². The van der Waals surface area contributed by atoms with Gasteiger partial charge in [0.15, 0.2) is 0 Å². The van der Waals surface area contributed by atoms with Gasteiger partial charge in [-0.15, -0.1) is 0 Å².